The van der Waals surface area contributed by atoms with Crippen LogP contribution in [0.2, 0.25) is 0 Å². The molecular formula is C13H10BrN3O2S. The van der Waals surface area contributed by atoms with Gasteiger partial charge in [0.05, 0.1) is 28.4 Å². The largest absolute Gasteiger partial charge is 0.278 e. The molecule has 1 aromatic carbocycles. The van der Waals surface area contributed by atoms with Crippen molar-refractivity contribution in [2.45, 2.75) is 11.8 Å². The first-order valence-corrected chi connectivity index (χ1v) is 7.85. The summed E-state index contributed by atoms with van der Waals surface area (Å²) in [5, 5.41) is 8.70. The Kier molecular flexibility index (Phi) is 4.06. The minimum absolute atomic E-state index is 0.0945. The first-order chi connectivity index (χ1) is 9.42. The zero-order chi connectivity index (χ0) is 14.8. The fourth-order valence-corrected chi connectivity index (χ4v) is 2.79. The Morgan fingerprint density at radius 3 is 2.50 bits per heavy atom. The van der Waals surface area contributed by atoms with Crippen molar-refractivity contribution in [1.82, 2.24) is 4.98 Å². The molecule has 20 heavy (non-hydrogen) atoms. The van der Waals surface area contributed by atoms with E-state index in [1.165, 1.54) is 30.5 Å². The van der Waals surface area contributed by atoms with Crippen LogP contribution in [0, 0.1) is 18.3 Å². The molecule has 0 aliphatic heterocycles. The molecule has 2 aromatic rings. The van der Waals surface area contributed by atoms with Crippen LogP contribution in [0.4, 0.5) is 5.69 Å². The fraction of sp³-hybridized carbons (Fsp3) is 0.0769. The highest BCUT2D eigenvalue weighted by Gasteiger charge is 2.14. The lowest BCUT2D eigenvalue weighted by molar-refractivity contribution is 0.601. The number of aromatic nitrogens is 1. The van der Waals surface area contributed by atoms with E-state index in [2.05, 4.69) is 25.6 Å². The van der Waals surface area contributed by atoms with Gasteiger partial charge in [-0.05, 0) is 58.7 Å². The third-order valence-corrected chi connectivity index (χ3v) is 4.79. The van der Waals surface area contributed by atoms with Crippen LogP contribution >= 0.6 is 15.9 Å². The maximum atomic E-state index is 12.2. The van der Waals surface area contributed by atoms with Gasteiger partial charge < -0.3 is 0 Å². The molecule has 0 aliphatic carbocycles. The van der Waals surface area contributed by atoms with Crippen LogP contribution in [-0.2, 0) is 10.0 Å². The van der Waals surface area contributed by atoms with Gasteiger partial charge in [0.15, 0.2) is 0 Å². The molecule has 1 heterocycles. The van der Waals surface area contributed by atoms with Crippen LogP contribution in [-0.4, -0.2) is 13.4 Å². The van der Waals surface area contributed by atoms with Crippen LogP contribution in [0.3, 0.4) is 0 Å². The lowest BCUT2D eigenvalue weighted by Gasteiger charge is -2.09. The monoisotopic (exact) mass is 351 g/mol. The van der Waals surface area contributed by atoms with Crippen molar-refractivity contribution in [2.24, 2.45) is 0 Å². The number of sulfonamides is 1. The van der Waals surface area contributed by atoms with Crippen molar-refractivity contribution in [3.05, 3.63) is 52.3 Å². The summed E-state index contributed by atoms with van der Waals surface area (Å²) in [6, 6.07) is 9.31. The summed E-state index contributed by atoms with van der Waals surface area (Å²) in [5.41, 5.74) is 1.62. The molecule has 0 atom stereocenters. The summed E-state index contributed by atoms with van der Waals surface area (Å²) < 4.78 is 27.4. The predicted molar refractivity (Wildman–Crippen MR) is 78.6 cm³/mol. The number of aryl methyl sites for hydroxylation is 1. The maximum absolute atomic E-state index is 12.2. The zero-order valence-corrected chi connectivity index (χ0v) is 12.9. The molecule has 0 saturated carbocycles. The summed E-state index contributed by atoms with van der Waals surface area (Å²) in [5.74, 6) is 0. The van der Waals surface area contributed by atoms with E-state index >= 15 is 0 Å². The van der Waals surface area contributed by atoms with Gasteiger partial charge in [-0.25, -0.2) is 13.4 Å². The number of nitrogens with zero attached hydrogens (tertiary/aromatic N) is 2. The molecule has 0 aliphatic rings. The number of rotatable bonds is 3. The highest BCUT2D eigenvalue weighted by Crippen LogP contribution is 2.20. The molecule has 0 fully saturated rings. The number of benzene rings is 1. The average molecular weight is 352 g/mol. The molecule has 0 bridgehead atoms. The Balaban J connectivity index is 2.30. The summed E-state index contributed by atoms with van der Waals surface area (Å²) in [6.45, 7) is 1.82. The molecule has 1 aromatic heterocycles. The van der Waals surface area contributed by atoms with Crippen molar-refractivity contribution >= 4 is 31.6 Å². The summed E-state index contributed by atoms with van der Waals surface area (Å²) in [6.07, 6.45) is 1.43. The highest BCUT2D eigenvalue weighted by atomic mass is 79.9. The van der Waals surface area contributed by atoms with Crippen molar-refractivity contribution < 1.29 is 8.42 Å². The molecule has 0 amide bonds. The smallest absolute Gasteiger partial charge is 0.261 e. The van der Waals surface area contributed by atoms with E-state index in [9.17, 15) is 8.42 Å². The quantitative estimate of drug-likeness (QED) is 0.861. The Labute approximate surface area is 125 Å². The summed E-state index contributed by atoms with van der Waals surface area (Å²) >= 11 is 3.25. The molecule has 5 nitrogen and oxygen atoms in total. The van der Waals surface area contributed by atoms with E-state index in [4.69, 9.17) is 5.26 Å². The first kappa shape index (κ1) is 14.5. The van der Waals surface area contributed by atoms with E-state index in [0.717, 1.165) is 5.56 Å². The van der Waals surface area contributed by atoms with Crippen LogP contribution in [0.15, 0.2) is 46.0 Å². The minimum Gasteiger partial charge on any atom is -0.278 e. The van der Waals surface area contributed by atoms with E-state index in [1.807, 2.05) is 13.0 Å². The van der Waals surface area contributed by atoms with Gasteiger partial charge >= 0.3 is 0 Å². The Hall–Kier alpha value is -1.91. The number of pyridine rings is 1. The fourth-order valence-electron chi connectivity index (χ4n) is 1.54. The van der Waals surface area contributed by atoms with Gasteiger partial charge in [0.2, 0.25) is 0 Å². The van der Waals surface area contributed by atoms with Gasteiger partial charge in [0, 0.05) is 0 Å². The number of nitrogens with one attached hydrogen (secondary N) is 1. The topological polar surface area (TPSA) is 82.9 Å². The molecule has 2 rings (SSSR count). The van der Waals surface area contributed by atoms with Crippen LogP contribution in [0.1, 0.15) is 11.1 Å². The average Bonchev–Trinajstić information content (AvgIpc) is 2.43. The second-order valence-corrected chi connectivity index (χ2v) is 6.51. The predicted octanol–water partition coefficient (Wildman–Crippen LogP) is 2.83. The standard InChI is InChI=1S/C13H10BrN3O2S/c1-9-6-11(8-16-13(9)14)17-20(18,19)12-4-2-10(7-15)3-5-12/h2-6,8,17H,1H3. The minimum atomic E-state index is -3.68. The van der Waals surface area contributed by atoms with Crippen LogP contribution < -0.4 is 4.72 Å². The van der Waals surface area contributed by atoms with Crippen molar-refractivity contribution in [2.75, 3.05) is 4.72 Å². The number of hydrogen-bond acceptors (Lipinski definition) is 4. The second kappa shape index (κ2) is 5.61. The second-order valence-electron chi connectivity index (χ2n) is 4.07. The number of hydrogen-bond donors (Lipinski definition) is 1. The molecule has 0 unspecified atom stereocenters. The third-order valence-electron chi connectivity index (χ3n) is 2.56. The molecule has 7 heteroatoms. The van der Waals surface area contributed by atoms with Crippen LogP contribution in [0.5, 0.6) is 0 Å². The van der Waals surface area contributed by atoms with Gasteiger partial charge in [-0.15, -0.1) is 0 Å². The van der Waals surface area contributed by atoms with Gasteiger partial charge in [-0.3, -0.25) is 4.72 Å². The lowest BCUT2D eigenvalue weighted by Crippen LogP contribution is -2.13. The van der Waals surface area contributed by atoms with Crippen molar-refractivity contribution in [3.8, 4) is 6.07 Å². The van der Waals surface area contributed by atoms with Gasteiger partial charge in [0.25, 0.3) is 10.0 Å². The van der Waals surface area contributed by atoms with E-state index in [1.54, 1.807) is 6.07 Å². The van der Waals surface area contributed by atoms with Gasteiger partial charge in [-0.2, -0.15) is 5.26 Å². The Morgan fingerprint density at radius 2 is 1.95 bits per heavy atom. The molecule has 0 radical (unpaired) electrons. The maximum Gasteiger partial charge on any atom is 0.261 e. The molecule has 0 saturated heterocycles. The zero-order valence-electron chi connectivity index (χ0n) is 10.5. The van der Waals surface area contributed by atoms with Gasteiger partial charge in [-0.1, -0.05) is 0 Å². The lowest BCUT2D eigenvalue weighted by atomic mass is 10.2. The molecule has 102 valence electrons. The SMILES string of the molecule is Cc1cc(NS(=O)(=O)c2ccc(C#N)cc2)cnc1Br. The van der Waals surface area contributed by atoms with Gasteiger partial charge in [0.1, 0.15) is 4.60 Å². The normalized spacial score (nSPS) is 10.8. The number of anilines is 1. The van der Waals surface area contributed by atoms with E-state index < -0.39 is 10.0 Å². The summed E-state index contributed by atoms with van der Waals surface area (Å²) in [7, 11) is -3.68. The van der Waals surface area contributed by atoms with Crippen molar-refractivity contribution in [3.63, 3.8) is 0 Å². The third kappa shape index (κ3) is 3.15. The highest BCUT2D eigenvalue weighted by molar-refractivity contribution is 9.10. The first-order valence-electron chi connectivity index (χ1n) is 5.57. The Bertz CT molecular complexity index is 780. The summed E-state index contributed by atoms with van der Waals surface area (Å²) in [4.78, 5) is 4.13. The van der Waals surface area contributed by atoms with E-state index in [0.29, 0.717) is 15.9 Å². The number of halogens is 1. The number of nitriles is 1. The van der Waals surface area contributed by atoms with Crippen molar-refractivity contribution in [1.29, 1.82) is 5.26 Å². The molecule has 1 N–H and O–H groups in total. The molecule has 0 spiro atoms. The Morgan fingerprint density at radius 1 is 1.30 bits per heavy atom. The van der Waals surface area contributed by atoms with Crippen LogP contribution in [0.25, 0.3) is 0 Å². The van der Waals surface area contributed by atoms with E-state index in [-0.39, 0.29) is 4.90 Å². The molecular weight excluding hydrogens is 342 g/mol.